The lowest BCUT2D eigenvalue weighted by Gasteiger charge is -2.10. The molecule has 2 N–H and O–H groups in total. The summed E-state index contributed by atoms with van der Waals surface area (Å²) in [5.74, 6) is 0. The number of hydrogen-bond donors (Lipinski definition) is 2. The van der Waals surface area contributed by atoms with Crippen molar-refractivity contribution in [1.29, 1.82) is 0 Å². The van der Waals surface area contributed by atoms with Gasteiger partial charge in [0.15, 0.2) is 0 Å². The highest BCUT2D eigenvalue weighted by Gasteiger charge is 2.12. The van der Waals surface area contributed by atoms with Crippen molar-refractivity contribution in [2.75, 3.05) is 13.1 Å². The molecule has 1 aromatic carbocycles. The molecule has 1 aliphatic rings. The quantitative estimate of drug-likeness (QED) is 0.716. The summed E-state index contributed by atoms with van der Waals surface area (Å²) < 4.78 is 0. The molecule has 1 fully saturated rings. The zero-order valence-electron chi connectivity index (χ0n) is 9.21. The number of rotatable bonds is 5. The first-order valence-corrected chi connectivity index (χ1v) is 5.93. The van der Waals surface area contributed by atoms with Gasteiger partial charge in [0.1, 0.15) is 0 Å². The first-order chi connectivity index (χ1) is 7.45. The summed E-state index contributed by atoms with van der Waals surface area (Å²) in [4.78, 5) is 0. The Morgan fingerprint density at radius 3 is 2.87 bits per heavy atom. The molecule has 0 radical (unpaired) electrons. The molecule has 1 unspecified atom stereocenters. The third-order valence-electron chi connectivity index (χ3n) is 3.00. The molecular weight excluding hydrogens is 184 g/mol. The lowest BCUT2D eigenvalue weighted by molar-refractivity contribution is 0.523. The minimum absolute atomic E-state index is 0.758. The van der Waals surface area contributed by atoms with Gasteiger partial charge in [-0.3, -0.25) is 0 Å². The predicted molar refractivity (Wildman–Crippen MR) is 63.8 cm³/mol. The van der Waals surface area contributed by atoms with Gasteiger partial charge in [-0.15, -0.1) is 0 Å². The number of hydrogen-bond acceptors (Lipinski definition) is 2. The zero-order valence-corrected chi connectivity index (χ0v) is 9.21. The molecule has 1 heterocycles. The minimum Gasteiger partial charge on any atom is -0.314 e. The van der Waals surface area contributed by atoms with Crippen LogP contribution in [-0.4, -0.2) is 19.1 Å². The van der Waals surface area contributed by atoms with Crippen LogP contribution in [0, 0.1) is 0 Å². The largest absolute Gasteiger partial charge is 0.314 e. The van der Waals surface area contributed by atoms with Crippen LogP contribution in [0.25, 0.3) is 0 Å². The predicted octanol–water partition coefficient (Wildman–Crippen LogP) is 1.92. The molecule has 82 valence electrons. The van der Waals surface area contributed by atoms with E-state index < -0.39 is 0 Å². The van der Waals surface area contributed by atoms with Crippen LogP contribution >= 0.6 is 0 Å². The van der Waals surface area contributed by atoms with Crippen molar-refractivity contribution in [1.82, 2.24) is 10.6 Å². The second kappa shape index (κ2) is 5.89. The van der Waals surface area contributed by atoms with E-state index in [0.29, 0.717) is 0 Å². The average molecular weight is 204 g/mol. The van der Waals surface area contributed by atoms with E-state index in [0.717, 1.165) is 19.1 Å². The molecule has 1 atom stereocenters. The van der Waals surface area contributed by atoms with Gasteiger partial charge in [0.25, 0.3) is 0 Å². The smallest absolute Gasteiger partial charge is 0.0205 e. The maximum absolute atomic E-state index is 3.52. The van der Waals surface area contributed by atoms with Crippen LogP contribution in [0.15, 0.2) is 30.3 Å². The molecule has 2 heteroatoms. The average Bonchev–Trinajstić information content (AvgIpc) is 2.79. The second-order valence-corrected chi connectivity index (χ2v) is 4.24. The van der Waals surface area contributed by atoms with Crippen LogP contribution in [0.4, 0.5) is 0 Å². The fourth-order valence-electron chi connectivity index (χ4n) is 2.11. The van der Waals surface area contributed by atoms with Crippen molar-refractivity contribution in [3.63, 3.8) is 0 Å². The van der Waals surface area contributed by atoms with E-state index in [-0.39, 0.29) is 0 Å². The fraction of sp³-hybridized carbons (Fsp3) is 0.538. The van der Waals surface area contributed by atoms with Crippen molar-refractivity contribution < 1.29 is 0 Å². The number of benzene rings is 1. The molecule has 0 saturated carbocycles. The molecule has 15 heavy (non-hydrogen) atoms. The van der Waals surface area contributed by atoms with E-state index in [4.69, 9.17) is 0 Å². The Balaban J connectivity index is 1.59. The van der Waals surface area contributed by atoms with Crippen molar-refractivity contribution in [3.05, 3.63) is 35.9 Å². The molecule has 1 aromatic rings. The highest BCUT2D eigenvalue weighted by atomic mass is 14.9. The maximum atomic E-state index is 3.52. The van der Waals surface area contributed by atoms with Gasteiger partial charge in [0.2, 0.25) is 0 Å². The lowest BCUT2D eigenvalue weighted by atomic mass is 10.1. The topological polar surface area (TPSA) is 24.1 Å². The van der Waals surface area contributed by atoms with Crippen LogP contribution < -0.4 is 10.6 Å². The van der Waals surface area contributed by atoms with Gasteiger partial charge in [-0.05, 0) is 37.9 Å². The molecule has 2 nitrogen and oxygen atoms in total. The van der Waals surface area contributed by atoms with E-state index in [2.05, 4.69) is 41.0 Å². The van der Waals surface area contributed by atoms with Crippen LogP contribution in [0.1, 0.15) is 24.8 Å². The van der Waals surface area contributed by atoms with Gasteiger partial charge in [0.05, 0.1) is 0 Å². The fourth-order valence-corrected chi connectivity index (χ4v) is 2.11. The van der Waals surface area contributed by atoms with Gasteiger partial charge >= 0.3 is 0 Å². The van der Waals surface area contributed by atoms with Gasteiger partial charge in [-0.25, -0.2) is 0 Å². The van der Waals surface area contributed by atoms with Gasteiger partial charge < -0.3 is 10.6 Å². The molecular formula is C13H20N2. The van der Waals surface area contributed by atoms with Crippen molar-refractivity contribution in [2.45, 2.75) is 31.8 Å². The third kappa shape index (κ3) is 3.65. The monoisotopic (exact) mass is 204 g/mol. The van der Waals surface area contributed by atoms with E-state index in [1.165, 1.54) is 31.4 Å². The number of nitrogens with one attached hydrogen (secondary N) is 2. The summed E-state index contributed by atoms with van der Waals surface area (Å²) in [7, 11) is 0. The standard InChI is InChI=1S/C13H20N2/c1-2-5-12(6-3-1)11-14-10-8-13-7-4-9-15-13/h1-3,5-6,13-15H,4,7-11H2. The third-order valence-corrected chi connectivity index (χ3v) is 3.00. The van der Waals surface area contributed by atoms with Crippen LogP contribution in [-0.2, 0) is 6.54 Å². The van der Waals surface area contributed by atoms with E-state index in [1.54, 1.807) is 0 Å². The van der Waals surface area contributed by atoms with Crippen molar-refractivity contribution in [2.24, 2.45) is 0 Å². The van der Waals surface area contributed by atoms with Crippen molar-refractivity contribution >= 4 is 0 Å². The Labute approximate surface area is 92.1 Å². The Hall–Kier alpha value is -0.860. The second-order valence-electron chi connectivity index (χ2n) is 4.24. The van der Waals surface area contributed by atoms with Crippen LogP contribution in [0.3, 0.4) is 0 Å². The summed E-state index contributed by atoms with van der Waals surface area (Å²) in [6.07, 6.45) is 3.96. The summed E-state index contributed by atoms with van der Waals surface area (Å²) in [6.45, 7) is 3.32. The first kappa shape index (κ1) is 10.7. The summed E-state index contributed by atoms with van der Waals surface area (Å²) in [6, 6.07) is 11.3. The molecule has 0 spiro atoms. The van der Waals surface area contributed by atoms with E-state index in [9.17, 15) is 0 Å². The van der Waals surface area contributed by atoms with E-state index in [1.807, 2.05) is 0 Å². The molecule has 0 aromatic heterocycles. The highest BCUT2D eigenvalue weighted by Crippen LogP contribution is 2.07. The lowest BCUT2D eigenvalue weighted by Crippen LogP contribution is -2.26. The normalized spacial score (nSPS) is 20.7. The molecule has 0 aliphatic carbocycles. The Morgan fingerprint density at radius 2 is 2.13 bits per heavy atom. The van der Waals surface area contributed by atoms with Gasteiger partial charge in [-0.1, -0.05) is 30.3 Å². The Kier molecular flexibility index (Phi) is 4.18. The van der Waals surface area contributed by atoms with Crippen LogP contribution in [0.2, 0.25) is 0 Å². The van der Waals surface area contributed by atoms with Crippen molar-refractivity contribution in [3.8, 4) is 0 Å². The Morgan fingerprint density at radius 1 is 1.27 bits per heavy atom. The SMILES string of the molecule is c1ccc(CNCCC2CCCN2)cc1. The molecule has 0 bridgehead atoms. The summed E-state index contributed by atoms with van der Waals surface area (Å²) in [5, 5.41) is 7.00. The van der Waals surface area contributed by atoms with E-state index >= 15 is 0 Å². The van der Waals surface area contributed by atoms with Gasteiger partial charge in [0, 0.05) is 12.6 Å². The summed E-state index contributed by atoms with van der Waals surface area (Å²) in [5.41, 5.74) is 1.37. The van der Waals surface area contributed by atoms with Crippen LogP contribution in [0.5, 0.6) is 0 Å². The molecule has 0 amide bonds. The molecule has 1 aliphatic heterocycles. The first-order valence-electron chi connectivity index (χ1n) is 5.93. The molecule has 2 rings (SSSR count). The summed E-state index contributed by atoms with van der Waals surface area (Å²) >= 11 is 0. The maximum Gasteiger partial charge on any atom is 0.0205 e. The molecule has 1 saturated heterocycles. The minimum atomic E-state index is 0.758. The van der Waals surface area contributed by atoms with Gasteiger partial charge in [-0.2, -0.15) is 0 Å². The highest BCUT2D eigenvalue weighted by molar-refractivity contribution is 5.14. The zero-order chi connectivity index (χ0) is 10.3. The Bertz CT molecular complexity index is 265.